The van der Waals surface area contributed by atoms with Crippen molar-refractivity contribution in [1.29, 1.82) is 0 Å². The Bertz CT molecular complexity index is 723. The van der Waals surface area contributed by atoms with Crippen molar-refractivity contribution in [3.8, 4) is 0 Å². The molecule has 140 valence electrons. The van der Waals surface area contributed by atoms with Gasteiger partial charge in [-0.2, -0.15) is 0 Å². The van der Waals surface area contributed by atoms with Crippen molar-refractivity contribution in [3.63, 3.8) is 0 Å². The quantitative estimate of drug-likeness (QED) is 0.637. The van der Waals surface area contributed by atoms with Crippen LogP contribution < -0.4 is 20.9 Å². The van der Waals surface area contributed by atoms with E-state index in [1.165, 1.54) is 0 Å². The van der Waals surface area contributed by atoms with Crippen LogP contribution in [0.15, 0.2) is 18.2 Å². The van der Waals surface area contributed by atoms with Crippen LogP contribution in [0, 0.1) is 18.8 Å². The first-order chi connectivity index (χ1) is 12.5. The molecule has 3 aliphatic rings. The molecule has 0 unspecified atom stereocenters. The monoisotopic (exact) mass is 358 g/mol. The van der Waals surface area contributed by atoms with E-state index in [0.717, 1.165) is 37.2 Å². The van der Waals surface area contributed by atoms with E-state index in [9.17, 15) is 14.7 Å². The minimum atomic E-state index is -0.505. The standard InChI is InChI=1S/C19H26N4O3/c1-11-2-3-12(7-16(11)23-5-4-21-19(23)26)18(25)22-15-6-13-9-20-10-14(13)8-17(15)24/h2-3,7,13-15,17,20,24H,4-6,8-10H2,1H3,(H,21,26)(H,22,25)/t13-,14+,15-,17-/m0/s1. The molecule has 1 aromatic carbocycles. The fraction of sp³-hybridized carbons (Fsp3) is 0.579. The predicted octanol–water partition coefficient (Wildman–Crippen LogP) is 0.613. The smallest absolute Gasteiger partial charge is 0.322 e. The molecule has 7 nitrogen and oxygen atoms in total. The van der Waals surface area contributed by atoms with Gasteiger partial charge in [-0.3, -0.25) is 9.69 Å². The topological polar surface area (TPSA) is 93.7 Å². The van der Waals surface area contributed by atoms with Crippen LogP contribution in [0.5, 0.6) is 0 Å². The molecule has 0 radical (unpaired) electrons. The second-order valence-corrected chi connectivity index (χ2v) is 7.68. The molecule has 3 amide bonds. The molecule has 4 rings (SSSR count). The van der Waals surface area contributed by atoms with Crippen LogP contribution in [0.1, 0.15) is 28.8 Å². The number of nitrogens with one attached hydrogen (secondary N) is 3. The van der Waals surface area contributed by atoms with E-state index in [1.807, 2.05) is 13.0 Å². The molecule has 2 aliphatic heterocycles. The van der Waals surface area contributed by atoms with Crippen molar-refractivity contribution in [2.45, 2.75) is 31.9 Å². The van der Waals surface area contributed by atoms with Gasteiger partial charge in [-0.05, 0) is 62.4 Å². The molecule has 2 saturated heterocycles. The summed E-state index contributed by atoms with van der Waals surface area (Å²) in [5.74, 6) is 0.836. The van der Waals surface area contributed by atoms with Crippen LogP contribution in [0.2, 0.25) is 0 Å². The minimum absolute atomic E-state index is 0.131. The number of aliphatic hydroxyl groups excluding tert-OH is 1. The summed E-state index contributed by atoms with van der Waals surface area (Å²) in [6.07, 6.45) is 1.03. The van der Waals surface area contributed by atoms with E-state index in [2.05, 4.69) is 16.0 Å². The molecule has 3 fully saturated rings. The lowest BCUT2D eigenvalue weighted by atomic mass is 9.77. The number of hydrogen-bond acceptors (Lipinski definition) is 4. The van der Waals surface area contributed by atoms with E-state index in [1.54, 1.807) is 17.0 Å². The Morgan fingerprint density at radius 3 is 2.77 bits per heavy atom. The van der Waals surface area contributed by atoms with E-state index in [-0.39, 0.29) is 18.0 Å². The maximum absolute atomic E-state index is 12.8. The van der Waals surface area contributed by atoms with E-state index < -0.39 is 6.10 Å². The number of anilines is 1. The van der Waals surface area contributed by atoms with Gasteiger partial charge in [0, 0.05) is 24.3 Å². The van der Waals surface area contributed by atoms with Crippen molar-refractivity contribution in [2.75, 3.05) is 31.1 Å². The van der Waals surface area contributed by atoms with Crippen molar-refractivity contribution >= 4 is 17.6 Å². The van der Waals surface area contributed by atoms with Crippen LogP contribution in [-0.4, -0.2) is 55.4 Å². The number of aryl methyl sites for hydroxylation is 1. The molecule has 1 aliphatic carbocycles. The molecule has 4 N–H and O–H groups in total. The van der Waals surface area contributed by atoms with Gasteiger partial charge in [0.05, 0.1) is 12.1 Å². The lowest BCUT2D eigenvalue weighted by molar-refractivity contribution is 0.0462. The number of hydrogen-bond donors (Lipinski definition) is 4. The Hall–Kier alpha value is -2.12. The van der Waals surface area contributed by atoms with Crippen molar-refractivity contribution < 1.29 is 14.7 Å². The van der Waals surface area contributed by atoms with Crippen LogP contribution >= 0.6 is 0 Å². The fourth-order valence-electron chi connectivity index (χ4n) is 4.45. The van der Waals surface area contributed by atoms with Crippen molar-refractivity contribution in [1.82, 2.24) is 16.0 Å². The van der Waals surface area contributed by atoms with Gasteiger partial charge in [-0.15, -0.1) is 0 Å². The van der Waals surface area contributed by atoms with Gasteiger partial charge in [0.15, 0.2) is 0 Å². The molecular formula is C19H26N4O3. The molecule has 1 saturated carbocycles. The maximum atomic E-state index is 12.8. The molecule has 4 atom stereocenters. The average Bonchev–Trinajstić information content (AvgIpc) is 3.24. The average molecular weight is 358 g/mol. The lowest BCUT2D eigenvalue weighted by Crippen LogP contribution is -2.49. The normalized spacial score (nSPS) is 30.8. The number of carbonyl (C=O) groups is 2. The van der Waals surface area contributed by atoms with Crippen LogP contribution in [0.25, 0.3) is 0 Å². The van der Waals surface area contributed by atoms with Crippen LogP contribution in [0.4, 0.5) is 10.5 Å². The molecular weight excluding hydrogens is 332 g/mol. The summed E-state index contributed by atoms with van der Waals surface area (Å²) in [4.78, 5) is 26.4. The highest BCUT2D eigenvalue weighted by atomic mass is 16.3. The van der Waals surface area contributed by atoms with Crippen molar-refractivity contribution in [3.05, 3.63) is 29.3 Å². The lowest BCUT2D eigenvalue weighted by Gasteiger charge is -2.35. The SMILES string of the molecule is Cc1ccc(C(=O)N[C@H]2C[C@H]3CNC[C@H]3C[C@@H]2O)cc1N1CCNC1=O. The minimum Gasteiger partial charge on any atom is -0.391 e. The fourth-order valence-corrected chi connectivity index (χ4v) is 4.45. The zero-order valence-electron chi connectivity index (χ0n) is 15.0. The number of rotatable bonds is 3. The van der Waals surface area contributed by atoms with Gasteiger partial charge in [0.25, 0.3) is 5.91 Å². The number of nitrogens with zero attached hydrogens (tertiary/aromatic N) is 1. The second-order valence-electron chi connectivity index (χ2n) is 7.68. The van der Waals surface area contributed by atoms with E-state index in [0.29, 0.717) is 30.5 Å². The third-order valence-corrected chi connectivity index (χ3v) is 5.98. The summed E-state index contributed by atoms with van der Waals surface area (Å²) in [7, 11) is 0. The van der Waals surface area contributed by atoms with Crippen LogP contribution in [-0.2, 0) is 0 Å². The highest BCUT2D eigenvalue weighted by Gasteiger charge is 2.39. The zero-order chi connectivity index (χ0) is 18.3. The molecule has 26 heavy (non-hydrogen) atoms. The number of fused-ring (bicyclic) bond motifs is 1. The zero-order valence-corrected chi connectivity index (χ0v) is 15.0. The Kier molecular flexibility index (Phi) is 4.58. The molecule has 1 aromatic rings. The number of amides is 3. The molecule has 0 aromatic heterocycles. The van der Waals surface area contributed by atoms with Gasteiger partial charge < -0.3 is 21.1 Å². The number of urea groups is 1. The summed E-state index contributed by atoms with van der Waals surface area (Å²) < 4.78 is 0. The summed E-state index contributed by atoms with van der Waals surface area (Å²) in [5.41, 5.74) is 2.23. The van der Waals surface area contributed by atoms with Crippen molar-refractivity contribution in [2.24, 2.45) is 11.8 Å². The molecule has 0 bridgehead atoms. The van der Waals surface area contributed by atoms with E-state index >= 15 is 0 Å². The van der Waals surface area contributed by atoms with Gasteiger partial charge in [0.2, 0.25) is 0 Å². The predicted molar refractivity (Wildman–Crippen MR) is 98.3 cm³/mol. The summed E-state index contributed by atoms with van der Waals surface area (Å²) in [6, 6.07) is 5.06. The Morgan fingerprint density at radius 1 is 1.27 bits per heavy atom. The third kappa shape index (κ3) is 3.17. The molecule has 2 heterocycles. The Labute approximate surface area is 153 Å². The first-order valence-corrected chi connectivity index (χ1v) is 9.38. The van der Waals surface area contributed by atoms with Crippen LogP contribution in [0.3, 0.4) is 0 Å². The third-order valence-electron chi connectivity index (χ3n) is 5.98. The Morgan fingerprint density at radius 2 is 2.04 bits per heavy atom. The largest absolute Gasteiger partial charge is 0.391 e. The number of carbonyl (C=O) groups excluding carboxylic acids is 2. The number of aliphatic hydroxyl groups is 1. The first-order valence-electron chi connectivity index (χ1n) is 9.38. The second kappa shape index (κ2) is 6.89. The van der Waals surface area contributed by atoms with Gasteiger partial charge in [-0.25, -0.2) is 4.79 Å². The summed E-state index contributed by atoms with van der Waals surface area (Å²) in [6.45, 7) is 5.06. The summed E-state index contributed by atoms with van der Waals surface area (Å²) >= 11 is 0. The first kappa shape index (κ1) is 17.3. The molecule has 7 heteroatoms. The van der Waals surface area contributed by atoms with Gasteiger partial charge in [0.1, 0.15) is 0 Å². The number of benzene rings is 1. The highest BCUT2D eigenvalue weighted by molar-refractivity contribution is 5.99. The van der Waals surface area contributed by atoms with Gasteiger partial charge >= 0.3 is 6.03 Å². The van der Waals surface area contributed by atoms with E-state index in [4.69, 9.17) is 0 Å². The van der Waals surface area contributed by atoms with Gasteiger partial charge in [-0.1, -0.05) is 6.07 Å². The summed E-state index contributed by atoms with van der Waals surface area (Å²) in [5, 5.41) is 19.6. The highest BCUT2D eigenvalue weighted by Crippen LogP contribution is 2.33. The Balaban J connectivity index is 1.48. The maximum Gasteiger partial charge on any atom is 0.322 e. The molecule has 0 spiro atoms.